The van der Waals surface area contributed by atoms with Gasteiger partial charge >= 0.3 is 0 Å². The van der Waals surface area contributed by atoms with E-state index in [0.717, 1.165) is 15.6 Å². The molecule has 0 aliphatic rings. The fourth-order valence-electron chi connectivity index (χ4n) is 2.14. The van der Waals surface area contributed by atoms with Crippen molar-refractivity contribution in [3.05, 3.63) is 68.1 Å². The van der Waals surface area contributed by atoms with Crippen molar-refractivity contribution in [1.82, 2.24) is 0 Å². The van der Waals surface area contributed by atoms with Crippen molar-refractivity contribution >= 4 is 39.1 Å². The monoisotopic (exact) mass is 373 g/mol. The molecule has 2 atom stereocenters. The lowest BCUT2D eigenvalue weighted by Crippen LogP contribution is -2.20. The first-order chi connectivity index (χ1) is 9.51. The van der Waals surface area contributed by atoms with Crippen molar-refractivity contribution in [3.63, 3.8) is 0 Å². The molecule has 5 heteroatoms. The van der Waals surface area contributed by atoms with Gasteiger partial charge in [-0.05, 0) is 41.5 Å². The maximum atomic E-state index is 10.6. The van der Waals surface area contributed by atoms with Crippen molar-refractivity contribution in [2.75, 3.05) is 6.54 Å². The highest BCUT2D eigenvalue weighted by molar-refractivity contribution is 9.10. The Kier molecular flexibility index (Phi) is 5.47. The van der Waals surface area contributed by atoms with Crippen molar-refractivity contribution in [2.45, 2.75) is 12.0 Å². The van der Waals surface area contributed by atoms with Gasteiger partial charge < -0.3 is 10.8 Å². The van der Waals surface area contributed by atoms with Gasteiger partial charge in [-0.2, -0.15) is 0 Å². The predicted molar refractivity (Wildman–Crippen MR) is 87.4 cm³/mol. The highest BCUT2D eigenvalue weighted by Gasteiger charge is 2.22. The Morgan fingerprint density at radius 1 is 1.00 bits per heavy atom. The summed E-state index contributed by atoms with van der Waals surface area (Å²) in [7, 11) is 0. The minimum atomic E-state index is -0.726. The second-order valence-corrected chi connectivity index (χ2v) is 6.33. The molecule has 0 saturated carbocycles. The van der Waals surface area contributed by atoms with Crippen molar-refractivity contribution < 1.29 is 5.11 Å². The Bertz CT molecular complexity index is 569. The van der Waals surface area contributed by atoms with Gasteiger partial charge in [-0.1, -0.05) is 51.3 Å². The molecule has 20 heavy (non-hydrogen) atoms. The number of hydrogen-bond acceptors (Lipinski definition) is 2. The zero-order chi connectivity index (χ0) is 14.7. The maximum absolute atomic E-state index is 10.6. The molecule has 3 N–H and O–H groups in total. The zero-order valence-corrected chi connectivity index (χ0v) is 13.7. The molecule has 0 aromatic heterocycles. The van der Waals surface area contributed by atoms with Gasteiger partial charge in [-0.25, -0.2) is 0 Å². The first kappa shape index (κ1) is 15.8. The number of hydrogen-bond donors (Lipinski definition) is 2. The molecule has 0 saturated heterocycles. The molecule has 0 amide bonds. The molecule has 0 bridgehead atoms. The van der Waals surface area contributed by atoms with Crippen molar-refractivity contribution in [1.29, 1.82) is 0 Å². The van der Waals surface area contributed by atoms with Crippen LogP contribution in [-0.2, 0) is 0 Å². The van der Waals surface area contributed by atoms with Crippen LogP contribution in [0, 0.1) is 0 Å². The topological polar surface area (TPSA) is 46.2 Å². The third kappa shape index (κ3) is 3.74. The van der Waals surface area contributed by atoms with E-state index in [1.165, 1.54) is 0 Å². The average Bonchev–Trinajstić information content (AvgIpc) is 2.40. The van der Waals surface area contributed by atoms with Crippen LogP contribution in [0.4, 0.5) is 0 Å². The van der Waals surface area contributed by atoms with Crippen molar-refractivity contribution in [2.24, 2.45) is 5.73 Å². The van der Waals surface area contributed by atoms with E-state index in [0.29, 0.717) is 16.6 Å². The SMILES string of the molecule is NCC(c1ccc(Cl)cc1)C(O)c1cc(Cl)cc(Br)c1. The molecule has 0 heterocycles. The van der Waals surface area contributed by atoms with Crippen LogP contribution in [0.15, 0.2) is 46.9 Å². The molecular formula is C15H14BrCl2NO. The van der Waals surface area contributed by atoms with Gasteiger partial charge in [0.2, 0.25) is 0 Å². The smallest absolute Gasteiger partial charge is 0.0871 e. The summed E-state index contributed by atoms with van der Waals surface area (Å²) < 4.78 is 0.825. The van der Waals surface area contributed by atoms with Gasteiger partial charge in [0.05, 0.1) is 6.10 Å². The standard InChI is InChI=1S/C15H14BrCl2NO/c16-11-5-10(6-13(18)7-11)15(20)14(8-19)9-1-3-12(17)4-2-9/h1-7,14-15,20H,8,19H2. The second kappa shape index (κ2) is 6.92. The third-order valence-corrected chi connectivity index (χ3v) is 4.09. The lowest BCUT2D eigenvalue weighted by molar-refractivity contribution is 0.147. The summed E-state index contributed by atoms with van der Waals surface area (Å²) in [5.41, 5.74) is 7.50. The number of aliphatic hydroxyl groups excluding tert-OH is 1. The van der Waals surface area contributed by atoms with Crippen LogP contribution in [0.3, 0.4) is 0 Å². The molecular weight excluding hydrogens is 361 g/mol. The minimum absolute atomic E-state index is 0.211. The minimum Gasteiger partial charge on any atom is -0.388 e. The third-order valence-electron chi connectivity index (χ3n) is 3.16. The summed E-state index contributed by atoms with van der Waals surface area (Å²) >= 11 is 15.3. The van der Waals surface area contributed by atoms with Gasteiger partial charge in [0.15, 0.2) is 0 Å². The van der Waals surface area contributed by atoms with Gasteiger partial charge in [-0.3, -0.25) is 0 Å². The fraction of sp³-hybridized carbons (Fsp3) is 0.200. The van der Waals surface area contributed by atoms with E-state index >= 15 is 0 Å². The Balaban J connectivity index is 2.33. The Labute approximate surface area is 136 Å². The largest absolute Gasteiger partial charge is 0.388 e. The van der Waals surface area contributed by atoms with Gasteiger partial charge in [0.25, 0.3) is 0 Å². The average molecular weight is 375 g/mol. The molecule has 2 rings (SSSR count). The lowest BCUT2D eigenvalue weighted by atomic mass is 9.89. The first-order valence-corrected chi connectivity index (χ1v) is 7.65. The van der Waals surface area contributed by atoms with Crippen LogP contribution in [0.5, 0.6) is 0 Å². The van der Waals surface area contributed by atoms with Crippen LogP contribution in [0.25, 0.3) is 0 Å². The van der Waals surface area contributed by atoms with E-state index in [1.807, 2.05) is 18.2 Å². The van der Waals surface area contributed by atoms with Crippen LogP contribution in [0.1, 0.15) is 23.1 Å². The quantitative estimate of drug-likeness (QED) is 0.825. The summed E-state index contributed by atoms with van der Waals surface area (Å²) in [6.07, 6.45) is -0.726. The fourth-order valence-corrected chi connectivity index (χ4v) is 3.15. The summed E-state index contributed by atoms with van der Waals surface area (Å²) in [4.78, 5) is 0. The Morgan fingerprint density at radius 2 is 1.65 bits per heavy atom. The summed E-state index contributed by atoms with van der Waals surface area (Å²) in [6.45, 7) is 0.326. The van der Waals surface area contributed by atoms with E-state index in [9.17, 15) is 5.11 Å². The molecule has 2 unspecified atom stereocenters. The highest BCUT2D eigenvalue weighted by atomic mass is 79.9. The van der Waals surface area contributed by atoms with E-state index in [1.54, 1.807) is 24.3 Å². The van der Waals surface area contributed by atoms with E-state index < -0.39 is 6.10 Å². The molecule has 2 nitrogen and oxygen atoms in total. The normalized spacial score (nSPS) is 14.1. The molecule has 0 spiro atoms. The van der Waals surface area contributed by atoms with Gasteiger partial charge in [0, 0.05) is 27.0 Å². The number of halogens is 3. The number of nitrogens with two attached hydrogens (primary N) is 1. The predicted octanol–water partition coefficient (Wildman–Crippen LogP) is 4.53. The lowest BCUT2D eigenvalue weighted by Gasteiger charge is -2.22. The summed E-state index contributed by atoms with van der Waals surface area (Å²) in [5.74, 6) is -0.211. The summed E-state index contributed by atoms with van der Waals surface area (Å²) in [5, 5.41) is 11.8. The molecule has 0 fully saturated rings. The first-order valence-electron chi connectivity index (χ1n) is 6.11. The van der Waals surface area contributed by atoms with Gasteiger partial charge in [-0.15, -0.1) is 0 Å². The molecule has 0 radical (unpaired) electrons. The molecule has 0 aliphatic carbocycles. The van der Waals surface area contributed by atoms with E-state index in [2.05, 4.69) is 15.9 Å². The van der Waals surface area contributed by atoms with Crippen LogP contribution in [-0.4, -0.2) is 11.7 Å². The number of rotatable bonds is 4. The van der Waals surface area contributed by atoms with Crippen LogP contribution in [0.2, 0.25) is 10.0 Å². The highest BCUT2D eigenvalue weighted by Crippen LogP contribution is 2.33. The second-order valence-electron chi connectivity index (χ2n) is 4.54. The number of aliphatic hydroxyl groups is 1. The Hall–Kier alpha value is -0.580. The summed E-state index contributed by atoms with van der Waals surface area (Å²) in [6, 6.07) is 12.7. The van der Waals surface area contributed by atoms with E-state index in [-0.39, 0.29) is 5.92 Å². The van der Waals surface area contributed by atoms with Crippen molar-refractivity contribution in [3.8, 4) is 0 Å². The molecule has 0 aliphatic heterocycles. The molecule has 2 aromatic rings. The number of benzene rings is 2. The Morgan fingerprint density at radius 3 is 2.20 bits per heavy atom. The van der Waals surface area contributed by atoms with Crippen LogP contribution >= 0.6 is 39.1 Å². The van der Waals surface area contributed by atoms with E-state index in [4.69, 9.17) is 28.9 Å². The zero-order valence-electron chi connectivity index (χ0n) is 10.6. The van der Waals surface area contributed by atoms with Gasteiger partial charge in [0.1, 0.15) is 0 Å². The van der Waals surface area contributed by atoms with Crippen LogP contribution < -0.4 is 5.73 Å². The molecule has 2 aromatic carbocycles. The maximum Gasteiger partial charge on any atom is 0.0871 e. The molecule has 106 valence electrons.